The molecule has 2 N–H and O–H groups in total. The van der Waals surface area contributed by atoms with Crippen LogP contribution >= 0.6 is 0 Å². The number of aromatic nitrogens is 2. The van der Waals surface area contributed by atoms with Crippen LogP contribution in [0.5, 0.6) is 0 Å². The summed E-state index contributed by atoms with van der Waals surface area (Å²) in [5.74, 6) is 0.0376. The first-order chi connectivity index (χ1) is 10.6. The summed E-state index contributed by atoms with van der Waals surface area (Å²) >= 11 is 0. The molecule has 1 amide bonds. The van der Waals surface area contributed by atoms with Crippen LogP contribution in [0.2, 0.25) is 0 Å². The van der Waals surface area contributed by atoms with Crippen LogP contribution in [0.1, 0.15) is 0 Å². The number of aliphatic hydroxyl groups excluding tert-OH is 1. The van der Waals surface area contributed by atoms with Crippen LogP contribution in [-0.2, 0) is 4.79 Å². The molecule has 0 bridgehead atoms. The molecular weight excluding hydrogens is 290 g/mol. The van der Waals surface area contributed by atoms with Gasteiger partial charge in [-0.2, -0.15) is 0 Å². The Kier molecular flexibility index (Phi) is 3.55. The van der Waals surface area contributed by atoms with E-state index in [0.29, 0.717) is 29.9 Å². The van der Waals surface area contributed by atoms with Crippen molar-refractivity contribution in [1.82, 2.24) is 9.97 Å². The molecule has 22 heavy (non-hydrogen) atoms. The van der Waals surface area contributed by atoms with Crippen molar-refractivity contribution in [2.45, 2.75) is 0 Å². The number of fused-ring (bicyclic) bond motifs is 1. The number of nitro benzene ring substituents is 1. The van der Waals surface area contributed by atoms with E-state index in [1.54, 1.807) is 0 Å². The van der Waals surface area contributed by atoms with Gasteiger partial charge < -0.3 is 15.3 Å². The molecule has 1 fully saturated rings. The van der Waals surface area contributed by atoms with E-state index in [1.807, 2.05) is 11.3 Å². The van der Waals surface area contributed by atoms with E-state index in [2.05, 4.69) is 15.3 Å². The maximum atomic E-state index is 11.4. The summed E-state index contributed by atoms with van der Waals surface area (Å²) in [6, 6.07) is 4.17. The molecule has 113 valence electrons. The minimum absolute atomic E-state index is 0.105. The Morgan fingerprint density at radius 3 is 2.73 bits per heavy atom. The van der Waals surface area contributed by atoms with Crippen LogP contribution in [0, 0.1) is 16.5 Å². The third-order valence-electron chi connectivity index (χ3n) is 3.24. The van der Waals surface area contributed by atoms with Gasteiger partial charge in [-0.1, -0.05) is 0 Å². The normalized spacial score (nSPS) is 13.8. The number of non-ortho nitro benzene ring substituents is 1. The highest BCUT2D eigenvalue weighted by atomic mass is 16.6. The quantitative estimate of drug-likeness (QED) is 0.622. The zero-order chi connectivity index (χ0) is 15.7. The molecule has 0 atom stereocenters. The molecule has 1 aromatic carbocycles. The molecule has 9 heteroatoms. The Morgan fingerprint density at radius 1 is 1.36 bits per heavy atom. The molecule has 1 aromatic heterocycles. The van der Waals surface area contributed by atoms with Gasteiger partial charge in [0.1, 0.15) is 6.61 Å². The lowest BCUT2D eigenvalue weighted by Gasteiger charge is -2.32. The molecule has 9 nitrogen and oxygen atoms in total. The molecule has 1 radical (unpaired) electrons. The number of aliphatic hydroxyl groups is 1. The smallest absolute Gasteiger partial charge is 0.271 e. The first-order valence-corrected chi connectivity index (χ1v) is 6.52. The van der Waals surface area contributed by atoms with E-state index in [0.717, 1.165) is 0 Å². The van der Waals surface area contributed by atoms with Crippen molar-refractivity contribution in [3.8, 4) is 0 Å². The molecule has 0 unspecified atom stereocenters. The number of hydrogen-bond donors (Lipinski definition) is 2. The minimum Gasteiger partial charge on any atom is -0.387 e. The van der Waals surface area contributed by atoms with Crippen molar-refractivity contribution in [2.75, 3.05) is 29.9 Å². The second kappa shape index (κ2) is 5.53. The summed E-state index contributed by atoms with van der Waals surface area (Å²) in [6.07, 6.45) is 2.03. The number of nitrogens with one attached hydrogen (secondary N) is 1. The van der Waals surface area contributed by atoms with Crippen LogP contribution in [0.4, 0.5) is 17.3 Å². The van der Waals surface area contributed by atoms with E-state index in [-0.39, 0.29) is 11.5 Å². The number of nitro groups is 1. The van der Waals surface area contributed by atoms with Gasteiger partial charge in [0.2, 0.25) is 0 Å². The van der Waals surface area contributed by atoms with E-state index >= 15 is 0 Å². The molecule has 0 saturated carbocycles. The summed E-state index contributed by atoms with van der Waals surface area (Å²) in [5.41, 5.74) is 0.691. The predicted molar refractivity (Wildman–Crippen MR) is 78.4 cm³/mol. The summed E-state index contributed by atoms with van der Waals surface area (Å²) in [6.45, 7) is 0.671. The van der Waals surface area contributed by atoms with Gasteiger partial charge in [0.25, 0.3) is 11.6 Å². The first-order valence-electron chi connectivity index (χ1n) is 6.52. The maximum absolute atomic E-state index is 11.4. The van der Waals surface area contributed by atoms with Crippen LogP contribution in [0.25, 0.3) is 11.0 Å². The lowest BCUT2D eigenvalue weighted by molar-refractivity contribution is -0.384. The minimum atomic E-state index is -0.680. The third-order valence-corrected chi connectivity index (χ3v) is 3.24. The highest BCUT2D eigenvalue weighted by Gasteiger charge is 2.23. The van der Waals surface area contributed by atoms with E-state index < -0.39 is 17.4 Å². The summed E-state index contributed by atoms with van der Waals surface area (Å²) < 4.78 is 0. The van der Waals surface area contributed by atoms with Crippen molar-refractivity contribution >= 4 is 34.3 Å². The number of rotatable bonds is 4. The lowest BCUT2D eigenvalue weighted by Crippen LogP contribution is -2.39. The van der Waals surface area contributed by atoms with Gasteiger partial charge in [-0.25, -0.2) is 9.97 Å². The molecule has 1 aliphatic rings. The van der Waals surface area contributed by atoms with Gasteiger partial charge >= 0.3 is 0 Å². The Labute approximate surface area is 124 Å². The van der Waals surface area contributed by atoms with Crippen LogP contribution < -0.4 is 10.2 Å². The number of nitrogens with zero attached hydrogens (tertiary/aromatic N) is 4. The fraction of sp³-hybridized carbons (Fsp3) is 0.231. The summed E-state index contributed by atoms with van der Waals surface area (Å²) in [7, 11) is 0. The van der Waals surface area contributed by atoms with Crippen molar-refractivity contribution in [2.24, 2.45) is 0 Å². The fourth-order valence-electron chi connectivity index (χ4n) is 2.05. The van der Waals surface area contributed by atoms with Gasteiger partial charge in [0.05, 0.1) is 16.0 Å². The number of carbonyl (C=O) groups excluding carboxylic acids is 1. The number of carbonyl (C=O) groups is 1. The average molecular weight is 302 g/mol. The van der Waals surface area contributed by atoms with E-state index in [1.165, 1.54) is 18.2 Å². The van der Waals surface area contributed by atoms with Crippen molar-refractivity contribution in [1.29, 1.82) is 0 Å². The fourth-order valence-corrected chi connectivity index (χ4v) is 2.05. The summed E-state index contributed by atoms with van der Waals surface area (Å²) in [5, 5.41) is 22.1. The molecule has 3 rings (SSSR count). The lowest BCUT2D eigenvalue weighted by atomic mass is 10.2. The first kappa shape index (κ1) is 14.1. The summed E-state index contributed by atoms with van der Waals surface area (Å²) in [4.78, 5) is 32.3. The largest absolute Gasteiger partial charge is 0.387 e. The van der Waals surface area contributed by atoms with Crippen molar-refractivity contribution in [3.63, 3.8) is 0 Å². The van der Waals surface area contributed by atoms with Gasteiger partial charge in [0.15, 0.2) is 11.6 Å². The van der Waals surface area contributed by atoms with Gasteiger partial charge in [-0.3, -0.25) is 14.9 Å². The van der Waals surface area contributed by atoms with Crippen molar-refractivity contribution in [3.05, 3.63) is 34.7 Å². The SMILES string of the molecule is O=C(CO)Nc1nc2cc([N+](=O)[O-])ccc2nc1N1C[CH]C1. The maximum Gasteiger partial charge on any atom is 0.271 e. The number of anilines is 2. The van der Waals surface area contributed by atoms with Crippen LogP contribution in [-0.4, -0.2) is 45.6 Å². The zero-order valence-corrected chi connectivity index (χ0v) is 11.4. The second-order valence-electron chi connectivity index (χ2n) is 4.73. The molecule has 1 aliphatic heterocycles. The topological polar surface area (TPSA) is 121 Å². The second-order valence-corrected chi connectivity index (χ2v) is 4.73. The van der Waals surface area contributed by atoms with E-state index in [4.69, 9.17) is 5.11 Å². The highest BCUT2D eigenvalue weighted by Crippen LogP contribution is 2.29. The Bertz CT molecular complexity index is 759. The molecule has 1 saturated heterocycles. The molecular formula is C13H12N5O4. The van der Waals surface area contributed by atoms with Crippen LogP contribution in [0.15, 0.2) is 18.2 Å². The Balaban J connectivity index is 2.10. The monoisotopic (exact) mass is 302 g/mol. The standard InChI is InChI=1S/C13H12N5O4/c19-7-11(20)16-12-13(17-4-1-5-17)15-9-3-2-8(18(21)22)6-10(9)14-12/h1-3,6,19H,4-5,7H2,(H,14,16,20). The molecule has 0 aliphatic carbocycles. The predicted octanol–water partition coefficient (Wildman–Crippen LogP) is 0.493. The number of hydrogen-bond acceptors (Lipinski definition) is 7. The molecule has 2 heterocycles. The van der Waals surface area contributed by atoms with Gasteiger partial charge in [0, 0.05) is 31.6 Å². The molecule has 2 aromatic rings. The third kappa shape index (κ3) is 2.53. The average Bonchev–Trinajstić information content (AvgIpc) is 2.45. The Morgan fingerprint density at radius 2 is 2.14 bits per heavy atom. The molecule has 0 spiro atoms. The van der Waals surface area contributed by atoms with Gasteiger partial charge in [-0.15, -0.1) is 0 Å². The number of benzene rings is 1. The number of amides is 1. The zero-order valence-electron chi connectivity index (χ0n) is 11.4. The highest BCUT2D eigenvalue weighted by molar-refractivity contribution is 5.95. The van der Waals surface area contributed by atoms with Crippen LogP contribution in [0.3, 0.4) is 0 Å². The van der Waals surface area contributed by atoms with Gasteiger partial charge in [-0.05, 0) is 6.07 Å². The van der Waals surface area contributed by atoms with Crippen molar-refractivity contribution < 1.29 is 14.8 Å². The Hall–Kier alpha value is -2.81. The van der Waals surface area contributed by atoms with E-state index in [9.17, 15) is 14.9 Å².